The van der Waals surface area contributed by atoms with Crippen LogP contribution in [-0.4, -0.2) is 11.9 Å². The molecule has 3 nitrogen and oxygen atoms in total. The van der Waals surface area contributed by atoms with E-state index in [2.05, 4.69) is 21.2 Å². The molecule has 98 valence electrons. The van der Waals surface area contributed by atoms with Crippen LogP contribution in [0, 0.1) is 5.92 Å². The van der Waals surface area contributed by atoms with Crippen molar-refractivity contribution in [2.24, 2.45) is 11.7 Å². The fourth-order valence-corrected chi connectivity index (χ4v) is 2.86. The smallest absolute Gasteiger partial charge is 0.223 e. The molecule has 0 bridgehead atoms. The number of rotatable bonds is 3. The van der Waals surface area contributed by atoms with Gasteiger partial charge in [0.15, 0.2) is 0 Å². The Morgan fingerprint density at radius 2 is 2.28 bits per heavy atom. The molecule has 1 aliphatic carbocycles. The molecule has 1 saturated carbocycles. The first-order valence-electron chi connectivity index (χ1n) is 6.37. The van der Waals surface area contributed by atoms with Crippen LogP contribution in [0.1, 0.15) is 37.8 Å². The highest BCUT2D eigenvalue weighted by molar-refractivity contribution is 9.10. The summed E-state index contributed by atoms with van der Waals surface area (Å²) in [5.74, 6) is 0.227. The second kappa shape index (κ2) is 5.85. The van der Waals surface area contributed by atoms with E-state index in [4.69, 9.17) is 5.73 Å². The molecule has 0 aliphatic heterocycles. The van der Waals surface area contributed by atoms with Crippen LogP contribution >= 0.6 is 15.9 Å². The van der Waals surface area contributed by atoms with Gasteiger partial charge < -0.3 is 11.1 Å². The van der Waals surface area contributed by atoms with Crippen LogP contribution in [0.3, 0.4) is 0 Å². The minimum Gasteiger partial charge on any atom is -0.349 e. The molecule has 1 aromatic carbocycles. The van der Waals surface area contributed by atoms with E-state index in [-0.39, 0.29) is 23.9 Å². The van der Waals surface area contributed by atoms with Gasteiger partial charge in [0.2, 0.25) is 5.91 Å². The molecule has 1 amide bonds. The molecule has 1 aliphatic rings. The van der Waals surface area contributed by atoms with Gasteiger partial charge >= 0.3 is 0 Å². The van der Waals surface area contributed by atoms with Gasteiger partial charge in [-0.3, -0.25) is 4.79 Å². The first kappa shape index (κ1) is 13.6. The molecule has 18 heavy (non-hydrogen) atoms. The maximum Gasteiger partial charge on any atom is 0.223 e. The quantitative estimate of drug-likeness (QED) is 0.902. The Balaban J connectivity index is 1.95. The molecule has 0 radical (unpaired) electrons. The molecular formula is C14H19BrN2O. The third-order valence-corrected chi connectivity index (χ3v) is 4.04. The second-order valence-electron chi connectivity index (χ2n) is 5.06. The molecule has 4 heteroatoms. The van der Waals surface area contributed by atoms with Crippen LogP contribution in [0.25, 0.3) is 0 Å². The van der Waals surface area contributed by atoms with E-state index in [0.717, 1.165) is 29.3 Å². The summed E-state index contributed by atoms with van der Waals surface area (Å²) in [6.45, 7) is 2.01. The summed E-state index contributed by atoms with van der Waals surface area (Å²) in [6, 6.07) is 8.25. The number of hydrogen-bond acceptors (Lipinski definition) is 2. The van der Waals surface area contributed by atoms with Gasteiger partial charge in [0.1, 0.15) is 0 Å². The van der Waals surface area contributed by atoms with Crippen LogP contribution in [0.2, 0.25) is 0 Å². The monoisotopic (exact) mass is 310 g/mol. The molecule has 0 saturated heterocycles. The number of benzene rings is 1. The lowest BCUT2D eigenvalue weighted by Gasteiger charge is -2.17. The summed E-state index contributed by atoms with van der Waals surface area (Å²) in [7, 11) is 0. The van der Waals surface area contributed by atoms with Crippen molar-refractivity contribution in [1.82, 2.24) is 5.32 Å². The van der Waals surface area contributed by atoms with Crippen LogP contribution < -0.4 is 11.1 Å². The Morgan fingerprint density at radius 3 is 2.89 bits per heavy atom. The normalized spacial score (nSPS) is 24.8. The predicted octanol–water partition coefficient (Wildman–Crippen LogP) is 2.75. The van der Waals surface area contributed by atoms with Gasteiger partial charge in [-0.1, -0.05) is 28.1 Å². The zero-order chi connectivity index (χ0) is 13.1. The van der Waals surface area contributed by atoms with Crippen molar-refractivity contribution >= 4 is 21.8 Å². The van der Waals surface area contributed by atoms with E-state index in [9.17, 15) is 4.79 Å². The molecule has 0 heterocycles. The largest absolute Gasteiger partial charge is 0.349 e. The third kappa shape index (κ3) is 3.33. The van der Waals surface area contributed by atoms with Crippen molar-refractivity contribution in [3.8, 4) is 0 Å². The molecule has 1 fully saturated rings. The summed E-state index contributed by atoms with van der Waals surface area (Å²) in [5, 5.41) is 3.07. The molecule has 3 N–H and O–H groups in total. The number of amides is 1. The van der Waals surface area contributed by atoms with E-state index in [1.54, 1.807) is 0 Å². The highest BCUT2D eigenvalue weighted by Crippen LogP contribution is 2.25. The van der Waals surface area contributed by atoms with Crippen molar-refractivity contribution in [3.05, 3.63) is 34.3 Å². The lowest BCUT2D eigenvalue weighted by Crippen LogP contribution is -2.32. The molecule has 1 aromatic rings. The zero-order valence-electron chi connectivity index (χ0n) is 10.5. The summed E-state index contributed by atoms with van der Waals surface area (Å²) in [5.41, 5.74) is 6.95. The summed E-state index contributed by atoms with van der Waals surface area (Å²) >= 11 is 3.44. The number of carbonyl (C=O) groups excluding carboxylic acids is 1. The first-order valence-corrected chi connectivity index (χ1v) is 7.17. The van der Waals surface area contributed by atoms with Gasteiger partial charge in [-0.15, -0.1) is 0 Å². The average Bonchev–Trinajstić information content (AvgIpc) is 2.76. The maximum atomic E-state index is 12.1. The Labute approximate surface area is 116 Å². The predicted molar refractivity (Wildman–Crippen MR) is 76.0 cm³/mol. The van der Waals surface area contributed by atoms with E-state index >= 15 is 0 Å². The van der Waals surface area contributed by atoms with Crippen molar-refractivity contribution in [1.29, 1.82) is 0 Å². The van der Waals surface area contributed by atoms with Crippen molar-refractivity contribution < 1.29 is 4.79 Å². The highest BCUT2D eigenvalue weighted by atomic mass is 79.9. The topological polar surface area (TPSA) is 55.1 Å². The first-order chi connectivity index (χ1) is 8.56. The maximum absolute atomic E-state index is 12.1. The fraction of sp³-hybridized carbons (Fsp3) is 0.500. The van der Waals surface area contributed by atoms with Crippen molar-refractivity contribution in [3.63, 3.8) is 0 Å². The van der Waals surface area contributed by atoms with Crippen molar-refractivity contribution in [2.75, 3.05) is 0 Å². The Bertz CT molecular complexity index is 436. The number of nitrogens with one attached hydrogen (secondary N) is 1. The molecular weight excluding hydrogens is 292 g/mol. The van der Waals surface area contributed by atoms with Gasteiger partial charge in [-0.05, 0) is 43.9 Å². The lowest BCUT2D eigenvalue weighted by molar-refractivity contribution is -0.125. The highest BCUT2D eigenvalue weighted by Gasteiger charge is 2.28. The zero-order valence-corrected chi connectivity index (χ0v) is 12.1. The molecule has 3 atom stereocenters. The summed E-state index contributed by atoms with van der Waals surface area (Å²) in [6.07, 6.45) is 2.69. The minimum absolute atomic E-state index is 0.0341. The number of nitrogens with two attached hydrogens (primary N) is 1. The fourth-order valence-electron chi connectivity index (χ4n) is 2.45. The van der Waals surface area contributed by atoms with Gasteiger partial charge in [0.05, 0.1) is 6.04 Å². The van der Waals surface area contributed by atoms with E-state index in [1.807, 2.05) is 31.2 Å². The third-order valence-electron chi connectivity index (χ3n) is 3.55. The number of hydrogen-bond donors (Lipinski definition) is 2. The molecule has 0 aromatic heterocycles. The van der Waals surface area contributed by atoms with E-state index in [1.165, 1.54) is 0 Å². The molecule has 0 spiro atoms. The van der Waals surface area contributed by atoms with Crippen molar-refractivity contribution in [2.45, 2.75) is 38.3 Å². The SMILES string of the molecule is C[C@H](NC(=O)C1CCC(N)C1)c1cccc(Br)c1. The Hall–Kier alpha value is -0.870. The van der Waals surface area contributed by atoms with Crippen LogP contribution in [0.5, 0.6) is 0 Å². The Kier molecular flexibility index (Phi) is 4.40. The molecule has 2 rings (SSSR count). The van der Waals surface area contributed by atoms with E-state index in [0.29, 0.717) is 0 Å². The van der Waals surface area contributed by atoms with Crippen LogP contribution in [-0.2, 0) is 4.79 Å². The van der Waals surface area contributed by atoms with Crippen LogP contribution in [0.4, 0.5) is 0 Å². The summed E-state index contributed by atoms with van der Waals surface area (Å²) < 4.78 is 1.03. The lowest BCUT2D eigenvalue weighted by atomic mass is 10.0. The van der Waals surface area contributed by atoms with Gasteiger partial charge in [-0.25, -0.2) is 0 Å². The standard InChI is InChI=1S/C14H19BrN2O/c1-9(10-3-2-4-12(15)7-10)17-14(18)11-5-6-13(16)8-11/h2-4,7,9,11,13H,5-6,8,16H2,1H3,(H,17,18)/t9-,11?,13?/m0/s1. The average molecular weight is 311 g/mol. The van der Waals surface area contributed by atoms with Gasteiger partial charge in [0.25, 0.3) is 0 Å². The minimum atomic E-state index is 0.0341. The van der Waals surface area contributed by atoms with E-state index < -0.39 is 0 Å². The van der Waals surface area contributed by atoms with Gasteiger partial charge in [-0.2, -0.15) is 0 Å². The van der Waals surface area contributed by atoms with Gasteiger partial charge in [0, 0.05) is 16.4 Å². The summed E-state index contributed by atoms with van der Waals surface area (Å²) in [4.78, 5) is 12.1. The number of halogens is 1. The molecule has 2 unspecified atom stereocenters. The Morgan fingerprint density at radius 1 is 1.50 bits per heavy atom. The number of carbonyl (C=O) groups is 1. The second-order valence-corrected chi connectivity index (χ2v) is 5.97. The van der Waals surface area contributed by atoms with Crippen LogP contribution in [0.15, 0.2) is 28.7 Å².